The Morgan fingerprint density at radius 1 is 1.20 bits per heavy atom. The summed E-state index contributed by atoms with van der Waals surface area (Å²) in [6, 6.07) is 8.80. The van der Waals surface area contributed by atoms with Crippen LogP contribution in [0.1, 0.15) is 37.3 Å². The highest BCUT2D eigenvalue weighted by Gasteiger charge is 1.91. The third-order valence-electron chi connectivity index (χ3n) is 2.44. The van der Waals surface area contributed by atoms with Gasteiger partial charge in [-0.3, -0.25) is 0 Å². The lowest BCUT2D eigenvalue weighted by Gasteiger charge is -2.00. The van der Waals surface area contributed by atoms with E-state index in [1.807, 2.05) is 0 Å². The number of nitrogens with two attached hydrogens (primary N) is 1. The van der Waals surface area contributed by atoms with Crippen LogP contribution in [0.4, 0.5) is 0 Å². The average molecular weight is 203 g/mol. The molecule has 0 radical (unpaired) electrons. The standard InChI is InChI=1S/C14H21N/c1-2-3-6-13-8-10-14(11-9-13)7-4-5-12-15/h4,7-11H,2-3,5-6,12,15H2,1H3. The van der Waals surface area contributed by atoms with Crippen molar-refractivity contribution < 1.29 is 0 Å². The summed E-state index contributed by atoms with van der Waals surface area (Å²) in [7, 11) is 0. The molecule has 0 aromatic heterocycles. The van der Waals surface area contributed by atoms with E-state index < -0.39 is 0 Å². The number of hydrogen-bond acceptors (Lipinski definition) is 1. The second-order valence-electron chi connectivity index (χ2n) is 3.82. The summed E-state index contributed by atoms with van der Waals surface area (Å²) in [4.78, 5) is 0. The van der Waals surface area contributed by atoms with E-state index in [1.165, 1.54) is 30.4 Å². The predicted octanol–water partition coefficient (Wildman–Crippen LogP) is 3.39. The van der Waals surface area contributed by atoms with Crippen LogP contribution in [-0.2, 0) is 6.42 Å². The van der Waals surface area contributed by atoms with E-state index in [1.54, 1.807) is 0 Å². The van der Waals surface area contributed by atoms with E-state index in [0.29, 0.717) is 0 Å². The predicted molar refractivity (Wildman–Crippen MR) is 67.8 cm³/mol. The molecular formula is C14H21N. The first-order chi connectivity index (χ1) is 7.36. The van der Waals surface area contributed by atoms with E-state index in [-0.39, 0.29) is 0 Å². The largest absolute Gasteiger partial charge is 0.330 e. The van der Waals surface area contributed by atoms with E-state index in [4.69, 9.17) is 5.73 Å². The van der Waals surface area contributed by atoms with E-state index in [9.17, 15) is 0 Å². The lowest BCUT2D eigenvalue weighted by molar-refractivity contribution is 0.795. The van der Waals surface area contributed by atoms with Gasteiger partial charge in [-0.05, 0) is 36.9 Å². The van der Waals surface area contributed by atoms with Crippen LogP contribution in [-0.4, -0.2) is 6.54 Å². The summed E-state index contributed by atoms with van der Waals surface area (Å²) in [5, 5.41) is 0. The SMILES string of the molecule is CCCCc1ccc(C=CCCN)cc1. The molecule has 0 amide bonds. The molecule has 0 aliphatic heterocycles. The van der Waals surface area contributed by atoms with Crippen LogP contribution in [0.25, 0.3) is 6.08 Å². The van der Waals surface area contributed by atoms with Gasteiger partial charge >= 0.3 is 0 Å². The molecule has 0 spiro atoms. The van der Waals surface area contributed by atoms with Gasteiger partial charge in [0, 0.05) is 0 Å². The van der Waals surface area contributed by atoms with E-state index in [2.05, 4.69) is 43.3 Å². The Morgan fingerprint density at radius 3 is 2.53 bits per heavy atom. The molecule has 1 aromatic rings. The first-order valence-corrected chi connectivity index (χ1v) is 5.82. The number of unbranched alkanes of at least 4 members (excludes halogenated alkanes) is 1. The Bertz CT molecular complexity index is 285. The minimum absolute atomic E-state index is 0.727. The van der Waals surface area contributed by atoms with E-state index in [0.717, 1.165) is 13.0 Å². The highest BCUT2D eigenvalue weighted by Crippen LogP contribution is 2.09. The van der Waals surface area contributed by atoms with Crippen LogP contribution in [0.5, 0.6) is 0 Å². The second-order valence-corrected chi connectivity index (χ2v) is 3.82. The maximum atomic E-state index is 5.42. The minimum Gasteiger partial charge on any atom is -0.330 e. The maximum absolute atomic E-state index is 5.42. The Kier molecular flexibility index (Phi) is 5.79. The molecule has 1 nitrogen and oxygen atoms in total. The Balaban J connectivity index is 2.48. The maximum Gasteiger partial charge on any atom is -0.00425 e. The molecule has 0 saturated heterocycles. The number of rotatable bonds is 6. The average Bonchev–Trinajstić information content (AvgIpc) is 2.28. The van der Waals surface area contributed by atoms with Crippen LogP contribution in [0.3, 0.4) is 0 Å². The fraction of sp³-hybridized carbons (Fsp3) is 0.429. The molecule has 0 fully saturated rings. The van der Waals surface area contributed by atoms with Crippen molar-refractivity contribution >= 4 is 6.08 Å². The minimum atomic E-state index is 0.727. The molecule has 1 heteroatoms. The fourth-order valence-corrected chi connectivity index (χ4v) is 1.49. The molecule has 0 atom stereocenters. The summed E-state index contributed by atoms with van der Waals surface area (Å²) < 4.78 is 0. The van der Waals surface area contributed by atoms with Crippen LogP contribution < -0.4 is 5.73 Å². The van der Waals surface area contributed by atoms with Crippen molar-refractivity contribution in [3.63, 3.8) is 0 Å². The summed E-state index contributed by atoms with van der Waals surface area (Å²) in [5.41, 5.74) is 8.13. The van der Waals surface area contributed by atoms with Gasteiger partial charge in [0.05, 0.1) is 0 Å². The van der Waals surface area contributed by atoms with Crippen molar-refractivity contribution in [3.8, 4) is 0 Å². The Labute approximate surface area is 93.0 Å². The van der Waals surface area contributed by atoms with E-state index >= 15 is 0 Å². The zero-order valence-corrected chi connectivity index (χ0v) is 9.58. The molecule has 0 aliphatic rings. The topological polar surface area (TPSA) is 26.0 Å². The van der Waals surface area contributed by atoms with Crippen LogP contribution >= 0.6 is 0 Å². The highest BCUT2D eigenvalue weighted by atomic mass is 14.5. The summed E-state index contributed by atoms with van der Waals surface area (Å²) in [6.45, 7) is 2.95. The van der Waals surface area contributed by atoms with Gasteiger partial charge in [-0.15, -0.1) is 0 Å². The molecule has 2 N–H and O–H groups in total. The smallest absolute Gasteiger partial charge is 0.00425 e. The fourth-order valence-electron chi connectivity index (χ4n) is 1.49. The first-order valence-electron chi connectivity index (χ1n) is 5.82. The van der Waals surface area contributed by atoms with Gasteiger partial charge in [0.25, 0.3) is 0 Å². The molecule has 1 aromatic carbocycles. The molecule has 0 bridgehead atoms. The molecular weight excluding hydrogens is 182 g/mol. The van der Waals surface area contributed by atoms with Gasteiger partial charge in [0.2, 0.25) is 0 Å². The van der Waals surface area contributed by atoms with Crippen LogP contribution in [0.15, 0.2) is 30.3 Å². The van der Waals surface area contributed by atoms with Gasteiger partial charge in [-0.25, -0.2) is 0 Å². The van der Waals surface area contributed by atoms with Gasteiger partial charge in [-0.1, -0.05) is 49.8 Å². The molecule has 82 valence electrons. The zero-order chi connectivity index (χ0) is 10.9. The zero-order valence-electron chi connectivity index (χ0n) is 9.58. The second kappa shape index (κ2) is 7.24. The molecule has 0 unspecified atom stereocenters. The quantitative estimate of drug-likeness (QED) is 0.753. The lowest BCUT2D eigenvalue weighted by atomic mass is 10.1. The van der Waals surface area contributed by atoms with Gasteiger partial charge in [-0.2, -0.15) is 0 Å². The summed E-state index contributed by atoms with van der Waals surface area (Å²) >= 11 is 0. The Hall–Kier alpha value is -1.08. The molecule has 15 heavy (non-hydrogen) atoms. The third kappa shape index (κ3) is 4.80. The lowest BCUT2D eigenvalue weighted by Crippen LogP contribution is -1.94. The first kappa shape index (κ1) is 12.0. The third-order valence-corrected chi connectivity index (χ3v) is 2.44. The van der Waals surface area contributed by atoms with Gasteiger partial charge in [0.15, 0.2) is 0 Å². The van der Waals surface area contributed by atoms with Gasteiger partial charge in [0.1, 0.15) is 0 Å². The van der Waals surface area contributed by atoms with Crippen LogP contribution in [0.2, 0.25) is 0 Å². The normalized spacial score (nSPS) is 11.1. The van der Waals surface area contributed by atoms with Crippen molar-refractivity contribution in [2.45, 2.75) is 32.6 Å². The molecule has 0 aliphatic carbocycles. The Morgan fingerprint density at radius 2 is 1.93 bits per heavy atom. The monoisotopic (exact) mass is 203 g/mol. The number of aryl methyl sites for hydroxylation is 1. The number of benzene rings is 1. The highest BCUT2D eigenvalue weighted by molar-refractivity contribution is 5.49. The molecule has 0 saturated carbocycles. The van der Waals surface area contributed by atoms with Crippen molar-refractivity contribution in [2.75, 3.05) is 6.54 Å². The van der Waals surface area contributed by atoms with Crippen LogP contribution in [0, 0.1) is 0 Å². The van der Waals surface area contributed by atoms with Crippen molar-refractivity contribution in [1.29, 1.82) is 0 Å². The molecule has 1 rings (SSSR count). The molecule has 0 heterocycles. The van der Waals surface area contributed by atoms with Crippen molar-refractivity contribution in [1.82, 2.24) is 0 Å². The number of hydrogen-bond donors (Lipinski definition) is 1. The van der Waals surface area contributed by atoms with Gasteiger partial charge < -0.3 is 5.73 Å². The summed E-state index contributed by atoms with van der Waals surface area (Å²) in [6.07, 6.45) is 8.96. The van der Waals surface area contributed by atoms with Crippen molar-refractivity contribution in [3.05, 3.63) is 41.5 Å². The van der Waals surface area contributed by atoms with Crippen molar-refractivity contribution in [2.24, 2.45) is 5.73 Å². The summed E-state index contributed by atoms with van der Waals surface area (Å²) in [5.74, 6) is 0.